The Morgan fingerprint density at radius 2 is 2.03 bits per heavy atom. The Bertz CT molecular complexity index is 1030. The number of rotatable bonds is 3. The van der Waals surface area contributed by atoms with Crippen molar-refractivity contribution in [1.29, 1.82) is 0 Å². The Kier molecular flexibility index (Phi) is 5.46. The number of amides is 2. The lowest BCUT2D eigenvalue weighted by Gasteiger charge is -2.28. The summed E-state index contributed by atoms with van der Waals surface area (Å²) in [6.07, 6.45) is 1.15. The van der Waals surface area contributed by atoms with E-state index in [-0.39, 0.29) is 16.8 Å². The first-order valence-electron chi connectivity index (χ1n) is 9.44. The smallest absolute Gasteiger partial charge is 0.410 e. The predicted molar refractivity (Wildman–Crippen MR) is 107 cm³/mol. The molecule has 1 aromatic carbocycles. The Hall–Kier alpha value is -3.16. The molecule has 2 amide bonds. The van der Waals surface area contributed by atoms with Gasteiger partial charge in [0.05, 0.1) is 11.3 Å². The summed E-state index contributed by atoms with van der Waals surface area (Å²) in [6.45, 7) is 7.44. The van der Waals surface area contributed by atoms with Crippen LogP contribution < -0.4 is 10.9 Å². The van der Waals surface area contributed by atoms with E-state index in [1.807, 2.05) is 0 Å². The number of hydrogen-bond acceptors (Lipinski definition) is 6. The summed E-state index contributed by atoms with van der Waals surface area (Å²) >= 11 is 0. The molecular weight excluding hydrogens is 376 g/mol. The van der Waals surface area contributed by atoms with Crippen LogP contribution in [-0.2, 0) is 9.53 Å². The van der Waals surface area contributed by atoms with E-state index in [0.717, 1.165) is 0 Å². The molecule has 8 nitrogen and oxygen atoms in total. The molecule has 2 aromatic rings. The van der Waals surface area contributed by atoms with Crippen LogP contribution in [0.4, 0.5) is 10.5 Å². The van der Waals surface area contributed by atoms with Crippen LogP contribution in [0.2, 0.25) is 0 Å². The molecular formula is C21H24N2O6. The van der Waals surface area contributed by atoms with E-state index in [1.165, 1.54) is 11.0 Å². The molecule has 1 saturated heterocycles. The number of fused-ring (bicyclic) bond motifs is 1. The third-order valence-corrected chi connectivity index (χ3v) is 4.72. The van der Waals surface area contributed by atoms with Gasteiger partial charge >= 0.3 is 11.7 Å². The number of likely N-dealkylation sites (tertiary alicyclic amines) is 1. The second-order valence-corrected chi connectivity index (χ2v) is 8.09. The van der Waals surface area contributed by atoms with E-state index in [4.69, 9.17) is 9.15 Å². The van der Waals surface area contributed by atoms with Crippen molar-refractivity contribution in [3.63, 3.8) is 0 Å². The molecule has 154 valence electrons. The first-order chi connectivity index (χ1) is 13.6. The quantitative estimate of drug-likeness (QED) is 0.626. The molecule has 1 fully saturated rings. The summed E-state index contributed by atoms with van der Waals surface area (Å²) < 4.78 is 10.6. The van der Waals surface area contributed by atoms with Crippen LogP contribution in [0.3, 0.4) is 0 Å². The molecule has 1 atom stereocenters. The highest BCUT2D eigenvalue weighted by Crippen LogP contribution is 2.28. The summed E-state index contributed by atoms with van der Waals surface area (Å²) in [5.74, 6) is -0.425. The fourth-order valence-electron chi connectivity index (χ4n) is 3.43. The number of benzene rings is 1. The van der Waals surface area contributed by atoms with Crippen molar-refractivity contribution in [3.05, 3.63) is 39.7 Å². The molecule has 0 aliphatic carbocycles. The van der Waals surface area contributed by atoms with Crippen molar-refractivity contribution in [3.8, 4) is 0 Å². The molecule has 0 spiro atoms. The van der Waals surface area contributed by atoms with Crippen LogP contribution in [0, 0.1) is 6.92 Å². The van der Waals surface area contributed by atoms with Crippen LogP contribution >= 0.6 is 0 Å². The van der Waals surface area contributed by atoms with Crippen molar-refractivity contribution in [2.75, 3.05) is 11.9 Å². The zero-order valence-electron chi connectivity index (χ0n) is 16.9. The van der Waals surface area contributed by atoms with E-state index < -0.39 is 29.3 Å². The molecule has 0 saturated carbocycles. The lowest BCUT2D eigenvalue weighted by Crippen LogP contribution is -2.45. The molecule has 1 N–H and O–H groups in total. The number of aldehydes is 1. The van der Waals surface area contributed by atoms with E-state index in [2.05, 4.69) is 5.32 Å². The van der Waals surface area contributed by atoms with Gasteiger partial charge in [0.2, 0.25) is 5.91 Å². The van der Waals surface area contributed by atoms with Crippen molar-refractivity contribution in [1.82, 2.24) is 4.90 Å². The van der Waals surface area contributed by atoms with E-state index >= 15 is 0 Å². The Morgan fingerprint density at radius 3 is 2.69 bits per heavy atom. The normalized spacial score (nSPS) is 16.7. The van der Waals surface area contributed by atoms with Gasteiger partial charge in [-0.1, -0.05) is 0 Å². The zero-order chi connectivity index (χ0) is 21.3. The molecule has 1 aliphatic heterocycles. The summed E-state index contributed by atoms with van der Waals surface area (Å²) in [5, 5.41) is 3.31. The molecule has 1 aliphatic rings. The van der Waals surface area contributed by atoms with Crippen molar-refractivity contribution in [2.24, 2.45) is 0 Å². The highest BCUT2D eigenvalue weighted by atomic mass is 16.6. The minimum absolute atomic E-state index is 0.0819. The van der Waals surface area contributed by atoms with E-state index in [0.29, 0.717) is 36.6 Å². The lowest BCUT2D eigenvalue weighted by molar-refractivity contribution is -0.120. The minimum Gasteiger partial charge on any atom is -0.444 e. The Labute approximate surface area is 167 Å². The zero-order valence-corrected chi connectivity index (χ0v) is 16.9. The first-order valence-corrected chi connectivity index (χ1v) is 9.44. The average molecular weight is 400 g/mol. The second-order valence-electron chi connectivity index (χ2n) is 8.09. The number of anilines is 1. The van der Waals surface area contributed by atoms with Crippen LogP contribution in [0.1, 0.15) is 49.5 Å². The highest BCUT2D eigenvalue weighted by molar-refractivity contribution is 6.06. The van der Waals surface area contributed by atoms with Crippen molar-refractivity contribution in [2.45, 2.75) is 52.2 Å². The monoisotopic (exact) mass is 400 g/mol. The van der Waals surface area contributed by atoms with Crippen molar-refractivity contribution >= 4 is 34.9 Å². The maximum absolute atomic E-state index is 12.9. The van der Waals surface area contributed by atoms with Crippen molar-refractivity contribution < 1.29 is 23.5 Å². The Morgan fingerprint density at radius 1 is 1.31 bits per heavy atom. The molecule has 1 aromatic heterocycles. The van der Waals surface area contributed by atoms with Gasteiger partial charge in [0.15, 0.2) is 11.9 Å². The number of nitrogens with one attached hydrogen (secondary N) is 1. The molecule has 0 unspecified atom stereocenters. The van der Waals surface area contributed by atoms with Gasteiger partial charge in [-0.15, -0.1) is 0 Å². The summed E-state index contributed by atoms with van der Waals surface area (Å²) in [6, 6.07) is 3.90. The minimum atomic E-state index is -0.704. The topological polar surface area (TPSA) is 106 Å². The van der Waals surface area contributed by atoms with Gasteiger partial charge in [-0.05, 0) is 58.2 Å². The fraction of sp³-hybridized carbons (Fsp3) is 0.429. The summed E-state index contributed by atoms with van der Waals surface area (Å²) in [5.41, 5.74) is -0.143. The molecule has 2 heterocycles. The third kappa shape index (κ3) is 4.31. The van der Waals surface area contributed by atoms with Gasteiger partial charge < -0.3 is 14.5 Å². The van der Waals surface area contributed by atoms with Gasteiger partial charge in [0, 0.05) is 18.0 Å². The van der Waals surface area contributed by atoms with Crippen LogP contribution in [0.15, 0.2) is 27.4 Å². The molecule has 8 heteroatoms. The standard InChI is InChI=1S/C21H24N2O6/c1-12-10-17(25)28-18-13(12)7-8-15(14(18)11-24)22-19(26)16-6-5-9-23(16)20(27)29-21(2,3)4/h7-8,10-11,16H,5-6,9H2,1-4H3,(H,22,26)/t16-/m0/s1. The summed E-state index contributed by atoms with van der Waals surface area (Å²) in [7, 11) is 0. The number of aryl methyl sites for hydroxylation is 1. The number of carbonyl (C=O) groups is 3. The first kappa shape index (κ1) is 20.6. The highest BCUT2D eigenvalue weighted by Gasteiger charge is 2.36. The van der Waals surface area contributed by atoms with Gasteiger partial charge in [0.25, 0.3) is 0 Å². The van der Waals surface area contributed by atoms with Gasteiger partial charge in [-0.25, -0.2) is 9.59 Å². The summed E-state index contributed by atoms with van der Waals surface area (Å²) in [4.78, 5) is 50.1. The molecule has 0 bridgehead atoms. The SMILES string of the molecule is Cc1cc(=O)oc2c(C=O)c(NC(=O)[C@@H]3CCCN3C(=O)OC(C)(C)C)ccc12. The van der Waals surface area contributed by atoms with Crippen LogP contribution in [-0.4, -0.2) is 41.4 Å². The molecule has 29 heavy (non-hydrogen) atoms. The maximum atomic E-state index is 12.9. The van der Waals surface area contributed by atoms with Crippen LogP contribution in [0.5, 0.6) is 0 Å². The largest absolute Gasteiger partial charge is 0.444 e. The van der Waals surface area contributed by atoms with E-state index in [9.17, 15) is 19.2 Å². The average Bonchev–Trinajstić information content (AvgIpc) is 3.10. The maximum Gasteiger partial charge on any atom is 0.410 e. The fourth-order valence-corrected chi connectivity index (χ4v) is 3.43. The number of nitrogens with zero attached hydrogens (tertiary/aromatic N) is 1. The number of ether oxygens (including phenoxy) is 1. The van der Waals surface area contributed by atoms with Gasteiger partial charge in [-0.2, -0.15) is 0 Å². The van der Waals surface area contributed by atoms with Crippen LogP contribution in [0.25, 0.3) is 11.0 Å². The van der Waals surface area contributed by atoms with Gasteiger partial charge in [-0.3, -0.25) is 14.5 Å². The van der Waals surface area contributed by atoms with E-state index in [1.54, 1.807) is 39.8 Å². The number of hydrogen-bond donors (Lipinski definition) is 1. The number of carbonyl (C=O) groups excluding carboxylic acids is 3. The predicted octanol–water partition coefficient (Wildman–Crippen LogP) is 3.25. The lowest BCUT2D eigenvalue weighted by atomic mass is 10.1. The van der Waals surface area contributed by atoms with Gasteiger partial charge in [0.1, 0.15) is 11.6 Å². The third-order valence-electron chi connectivity index (χ3n) is 4.72. The molecule has 0 radical (unpaired) electrons. The molecule has 3 rings (SSSR count). The second kappa shape index (κ2) is 7.69. The Balaban J connectivity index is 1.88.